The maximum atomic E-state index is 5.67. The van der Waals surface area contributed by atoms with Gasteiger partial charge in [-0.1, -0.05) is 119 Å². The van der Waals surface area contributed by atoms with Crippen molar-refractivity contribution in [2.75, 3.05) is 110 Å². The van der Waals surface area contributed by atoms with Crippen LogP contribution in [0.2, 0.25) is 0 Å². The van der Waals surface area contributed by atoms with Gasteiger partial charge in [0, 0.05) is 13.2 Å². The number of hydrogen-bond acceptors (Lipinski definition) is 8. The van der Waals surface area contributed by atoms with Crippen molar-refractivity contribution >= 4 is 22.6 Å². The Morgan fingerprint density at radius 1 is 0.250 bits per heavy atom. The third-order valence-electron chi connectivity index (χ3n) is 7.17. The van der Waals surface area contributed by atoms with Crippen molar-refractivity contribution in [2.45, 2.75) is 116 Å². The van der Waals surface area contributed by atoms with Crippen molar-refractivity contribution in [1.82, 2.24) is 0 Å². The van der Waals surface area contributed by atoms with Crippen molar-refractivity contribution in [3.8, 4) is 0 Å². The summed E-state index contributed by atoms with van der Waals surface area (Å²) < 4.78 is 45.6. The molecule has 0 amide bonds. The van der Waals surface area contributed by atoms with E-state index in [1.807, 2.05) is 0 Å². The molecule has 0 aliphatic heterocycles. The first-order valence-electron chi connectivity index (χ1n) is 18.1. The summed E-state index contributed by atoms with van der Waals surface area (Å²) in [5.74, 6) is 0. The van der Waals surface area contributed by atoms with Gasteiger partial charge in [0.25, 0.3) is 0 Å². The molecule has 0 bridgehead atoms. The first kappa shape index (κ1) is 44.4. The van der Waals surface area contributed by atoms with Gasteiger partial charge in [-0.25, -0.2) is 0 Å². The Kier molecular flexibility index (Phi) is 43.8. The van der Waals surface area contributed by atoms with Gasteiger partial charge in [0.1, 0.15) is 0 Å². The maximum absolute atomic E-state index is 5.67. The van der Waals surface area contributed by atoms with Gasteiger partial charge >= 0.3 is 0 Å². The highest BCUT2D eigenvalue weighted by molar-refractivity contribution is 14.1. The van der Waals surface area contributed by atoms with Crippen molar-refractivity contribution in [2.24, 2.45) is 0 Å². The number of alkyl halides is 1. The summed E-state index contributed by atoms with van der Waals surface area (Å²) in [6, 6.07) is 0. The Morgan fingerprint density at radius 2 is 0.455 bits per heavy atom. The Balaban J connectivity index is 3.03. The second-order valence-electron chi connectivity index (χ2n) is 11.2. The van der Waals surface area contributed by atoms with Gasteiger partial charge < -0.3 is 37.9 Å². The predicted octanol–water partition coefficient (Wildman–Crippen LogP) is 8.21. The molecule has 44 heavy (non-hydrogen) atoms. The van der Waals surface area contributed by atoms with E-state index in [2.05, 4.69) is 29.5 Å². The van der Waals surface area contributed by atoms with E-state index in [-0.39, 0.29) is 0 Å². The van der Waals surface area contributed by atoms with Crippen LogP contribution in [0, 0.1) is 0 Å². The summed E-state index contributed by atoms with van der Waals surface area (Å²) in [7, 11) is 0. The molecule has 0 aliphatic carbocycles. The minimum atomic E-state index is 0.553. The molecule has 0 N–H and O–H groups in total. The fourth-order valence-corrected chi connectivity index (χ4v) is 5.05. The van der Waals surface area contributed by atoms with Crippen LogP contribution in [0.1, 0.15) is 116 Å². The molecule has 0 aromatic carbocycles. The zero-order valence-corrected chi connectivity index (χ0v) is 30.8. The normalized spacial score (nSPS) is 11.6. The first-order valence-corrected chi connectivity index (χ1v) is 19.6. The van der Waals surface area contributed by atoms with Gasteiger partial charge in [-0.3, -0.25) is 0 Å². The Labute approximate surface area is 285 Å². The second-order valence-corrected chi connectivity index (χ2v) is 12.3. The monoisotopic (exact) mass is 746 g/mol. The molecular weight excluding hydrogens is 675 g/mol. The van der Waals surface area contributed by atoms with E-state index in [9.17, 15) is 0 Å². The number of rotatable bonds is 41. The van der Waals surface area contributed by atoms with Gasteiger partial charge in [0.05, 0.1) is 92.5 Å². The molecule has 0 rings (SSSR count). The van der Waals surface area contributed by atoms with E-state index in [0.29, 0.717) is 92.5 Å². The zero-order chi connectivity index (χ0) is 31.7. The second kappa shape index (κ2) is 43.4. The van der Waals surface area contributed by atoms with E-state index in [1.54, 1.807) is 0 Å². The largest absolute Gasteiger partial charge is 0.379 e. The smallest absolute Gasteiger partial charge is 0.0701 e. The van der Waals surface area contributed by atoms with Crippen LogP contribution in [0.4, 0.5) is 0 Å². The molecule has 0 radical (unpaired) electrons. The van der Waals surface area contributed by atoms with Crippen LogP contribution in [0.15, 0.2) is 0 Å². The molecule has 0 saturated heterocycles. The number of halogens is 1. The summed E-state index contributed by atoms with van der Waals surface area (Å²) in [4.78, 5) is 0. The van der Waals surface area contributed by atoms with Crippen LogP contribution in [0.5, 0.6) is 0 Å². The van der Waals surface area contributed by atoms with Gasteiger partial charge in [-0.2, -0.15) is 0 Å². The van der Waals surface area contributed by atoms with Crippen LogP contribution in [-0.4, -0.2) is 110 Å². The van der Waals surface area contributed by atoms with Crippen molar-refractivity contribution in [3.63, 3.8) is 0 Å². The highest BCUT2D eigenvalue weighted by Crippen LogP contribution is 2.12. The third kappa shape index (κ3) is 42.4. The molecular formula is C35H71IO8. The van der Waals surface area contributed by atoms with Crippen molar-refractivity contribution < 1.29 is 37.9 Å². The molecule has 0 aromatic rings. The van der Waals surface area contributed by atoms with E-state index in [1.165, 1.54) is 101 Å². The minimum absolute atomic E-state index is 0.553. The van der Waals surface area contributed by atoms with E-state index in [4.69, 9.17) is 37.9 Å². The molecule has 0 fully saturated rings. The lowest BCUT2D eigenvalue weighted by molar-refractivity contribution is -0.0232. The van der Waals surface area contributed by atoms with Crippen LogP contribution in [0.25, 0.3) is 0 Å². The fourth-order valence-electron chi connectivity index (χ4n) is 4.52. The number of hydrogen-bond donors (Lipinski definition) is 0. The third-order valence-corrected chi connectivity index (χ3v) is 7.93. The highest BCUT2D eigenvalue weighted by atomic mass is 127. The molecule has 0 unspecified atom stereocenters. The lowest BCUT2D eigenvalue weighted by Gasteiger charge is -2.09. The van der Waals surface area contributed by atoms with Gasteiger partial charge in [0.2, 0.25) is 0 Å². The minimum Gasteiger partial charge on any atom is -0.379 e. The average molecular weight is 747 g/mol. The van der Waals surface area contributed by atoms with Gasteiger partial charge in [-0.05, 0) is 23.7 Å². The average Bonchev–Trinajstić information content (AvgIpc) is 3.04. The summed E-state index contributed by atoms with van der Waals surface area (Å²) in [5, 5.41) is 0. The topological polar surface area (TPSA) is 73.8 Å². The summed E-state index contributed by atoms with van der Waals surface area (Å²) in [6.07, 6.45) is 22.9. The molecule has 0 spiro atoms. The SMILES string of the molecule is CCCCCCCCCCCCCCCOCCOCCOCCOCCOCCOCCOCCOCCCCCCI. The maximum Gasteiger partial charge on any atom is 0.0701 e. The Bertz CT molecular complexity index is 448. The van der Waals surface area contributed by atoms with Crippen LogP contribution < -0.4 is 0 Å². The Hall–Kier alpha value is 0.410. The summed E-state index contributed by atoms with van der Waals surface area (Å²) in [6.45, 7) is 12.2. The highest BCUT2D eigenvalue weighted by Gasteiger charge is 1.97. The van der Waals surface area contributed by atoms with E-state index < -0.39 is 0 Å². The molecule has 0 aliphatic rings. The summed E-state index contributed by atoms with van der Waals surface area (Å²) >= 11 is 2.43. The van der Waals surface area contributed by atoms with Crippen molar-refractivity contribution in [3.05, 3.63) is 0 Å². The number of ether oxygens (including phenoxy) is 8. The standard InChI is InChI=1S/C35H71IO8/c1-2-3-4-5-6-7-8-9-10-11-12-14-17-20-37-22-24-39-26-28-41-30-32-43-34-35-44-33-31-42-29-27-40-25-23-38-21-18-15-13-16-19-36/h2-35H2,1H3. The molecule has 0 heterocycles. The molecule has 0 aromatic heterocycles. The number of unbranched alkanes of at least 4 members (excludes halogenated alkanes) is 15. The molecule has 266 valence electrons. The van der Waals surface area contributed by atoms with Crippen LogP contribution in [-0.2, 0) is 37.9 Å². The molecule has 9 heteroatoms. The lowest BCUT2D eigenvalue weighted by atomic mass is 10.0. The van der Waals surface area contributed by atoms with Gasteiger partial charge in [0.15, 0.2) is 0 Å². The zero-order valence-electron chi connectivity index (χ0n) is 28.7. The van der Waals surface area contributed by atoms with Crippen LogP contribution in [0.3, 0.4) is 0 Å². The Morgan fingerprint density at radius 3 is 0.705 bits per heavy atom. The molecule has 8 nitrogen and oxygen atoms in total. The van der Waals surface area contributed by atoms with Crippen LogP contribution >= 0.6 is 22.6 Å². The lowest BCUT2D eigenvalue weighted by Crippen LogP contribution is -2.15. The van der Waals surface area contributed by atoms with Gasteiger partial charge in [-0.15, -0.1) is 0 Å². The quantitative estimate of drug-likeness (QED) is 0.0353. The molecule has 0 atom stereocenters. The fraction of sp³-hybridized carbons (Fsp3) is 1.00. The molecule has 0 saturated carbocycles. The predicted molar refractivity (Wildman–Crippen MR) is 190 cm³/mol. The van der Waals surface area contributed by atoms with E-state index >= 15 is 0 Å². The summed E-state index contributed by atoms with van der Waals surface area (Å²) in [5.41, 5.74) is 0. The van der Waals surface area contributed by atoms with Crippen molar-refractivity contribution in [1.29, 1.82) is 0 Å². The first-order chi connectivity index (χ1) is 21.9. The van der Waals surface area contributed by atoms with E-state index in [0.717, 1.165) is 26.1 Å².